The van der Waals surface area contributed by atoms with E-state index in [9.17, 15) is 0 Å². The first-order valence-corrected chi connectivity index (χ1v) is 7.35. The van der Waals surface area contributed by atoms with E-state index in [-0.39, 0.29) is 0 Å². The van der Waals surface area contributed by atoms with Gasteiger partial charge in [0.1, 0.15) is 5.82 Å². The molecular formula is C14H10Cl2N2S. The number of rotatable bonds is 2. The number of nitrogens with one attached hydrogen (secondary N) is 1. The van der Waals surface area contributed by atoms with E-state index in [1.165, 1.54) is 0 Å². The van der Waals surface area contributed by atoms with Crippen molar-refractivity contribution in [1.29, 1.82) is 0 Å². The topological polar surface area (TPSA) is 28.7 Å². The molecule has 0 bridgehead atoms. The van der Waals surface area contributed by atoms with Crippen LogP contribution in [0.15, 0.2) is 35.7 Å². The molecule has 0 spiro atoms. The molecule has 0 fully saturated rings. The van der Waals surface area contributed by atoms with Gasteiger partial charge in [0, 0.05) is 11.3 Å². The number of nitrogens with zero attached hydrogens (tertiary/aromatic N) is 1. The number of halogens is 2. The molecule has 3 rings (SSSR count). The van der Waals surface area contributed by atoms with Crippen molar-refractivity contribution in [2.75, 3.05) is 0 Å². The van der Waals surface area contributed by atoms with E-state index < -0.39 is 0 Å². The summed E-state index contributed by atoms with van der Waals surface area (Å²) in [4.78, 5) is 9.01. The number of hydrogen-bond acceptors (Lipinski definition) is 2. The van der Waals surface area contributed by atoms with Crippen molar-refractivity contribution in [2.24, 2.45) is 0 Å². The van der Waals surface area contributed by atoms with Crippen LogP contribution in [-0.2, 0) is 0 Å². The van der Waals surface area contributed by atoms with Gasteiger partial charge >= 0.3 is 0 Å². The van der Waals surface area contributed by atoms with Crippen molar-refractivity contribution in [2.45, 2.75) is 6.92 Å². The molecule has 0 saturated heterocycles. The van der Waals surface area contributed by atoms with E-state index in [2.05, 4.69) is 9.97 Å². The smallest absolute Gasteiger partial charge is 0.148 e. The number of aryl methyl sites for hydroxylation is 1. The summed E-state index contributed by atoms with van der Waals surface area (Å²) in [5.74, 6) is 0.846. The summed E-state index contributed by atoms with van der Waals surface area (Å²) in [5.41, 5.74) is 2.54. The highest BCUT2D eigenvalue weighted by Gasteiger charge is 2.16. The van der Waals surface area contributed by atoms with Gasteiger partial charge in [-0.05, 0) is 30.5 Å². The highest BCUT2D eigenvalue weighted by atomic mass is 35.5. The second-order valence-electron chi connectivity index (χ2n) is 4.13. The Morgan fingerprint density at radius 2 is 1.84 bits per heavy atom. The molecule has 0 aliphatic rings. The number of H-pyrrole nitrogens is 1. The van der Waals surface area contributed by atoms with Gasteiger partial charge in [0.05, 0.1) is 20.6 Å². The van der Waals surface area contributed by atoms with E-state index in [0.717, 1.165) is 27.7 Å². The Morgan fingerprint density at radius 1 is 1.11 bits per heavy atom. The molecule has 2 aromatic heterocycles. The van der Waals surface area contributed by atoms with E-state index in [4.69, 9.17) is 23.2 Å². The van der Waals surface area contributed by atoms with E-state index in [0.29, 0.717) is 10.0 Å². The van der Waals surface area contributed by atoms with Crippen LogP contribution in [0.4, 0.5) is 0 Å². The Morgan fingerprint density at radius 3 is 2.47 bits per heavy atom. The zero-order valence-electron chi connectivity index (χ0n) is 10.1. The maximum atomic E-state index is 6.23. The van der Waals surface area contributed by atoms with Gasteiger partial charge in [-0.15, -0.1) is 11.3 Å². The van der Waals surface area contributed by atoms with E-state index in [1.54, 1.807) is 11.3 Å². The Hall–Kier alpha value is -1.29. The molecule has 0 amide bonds. The van der Waals surface area contributed by atoms with Gasteiger partial charge in [-0.25, -0.2) is 4.98 Å². The van der Waals surface area contributed by atoms with Gasteiger partial charge in [0.15, 0.2) is 0 Å². The van der Waals surface area contributed by atoms with Crippen LogP contribution in [0.25, 0.3) is 22.0 Å². The first kappa shape index (κ1) is 12.7. The molecule has 96 valence electrons. The SMILES string of the molecule is Cc1[nH]c(-c2cccs2)nc1-c1c(Cl)cccc1Cl. The molecule has 0 unspecified atom stereocenters. The molecule has 3 aromatic rings. The number of thiophene rings is 1. The van der Waals surface area contributed by atoms with Gasteiger partial charge in [-0.2, -0.15) is 0 Å². The van der Waals surface area contributed by atoms with Gasteiger partial charge < -0.3 is 4.98 Å². The van der Waals surface area contributed by atoms with Crippen LogP contribution < -0.4 is 0 Å². The zero-order chi connectivity index (χ0) is 13.4. The molecule has 1 N–H and O–H groups in total. The molecule has 1 aromatic carbocycles. The predicted octanol–water partition coefficient (Wildman–Crippen LogP) is 5.42. The largest absolute Gasteiger partial charge is 0.341 e. The van der Waals surface area contributed by atoms with Crippen molar-refractivity contribution < 1.29 is 0 Å². The minimum absolute atomic E-state index is 0.611. The summed E-state index contributed by atoms with van der Waals surface area (Å²) >= 11 is 14.1. The summed E-state index contributed by atoms with van der Waals surface area (Å²) in [6.07, 6.45) is 0. The number of imidazole rings is 1. The van der Waals surface area contributed by atoms with Gasteiger partial charge in [0.2, 0.25) is 0 Å². The Labute approximate surface area is 125 Å². The maximum absolute atomic E-state index is 6.23. The number of aromatic nitrogens is 2. The normalized spacial score (nSPS) is 10.9. The monoisotopic (exact) mass is 308 g/mol. The average molecular weight is 309 g/mol. The van der Waals surface area contributed by atoms with Crippen LogP contribution in [0.3, 0.4) is 0 Å². The summed E-state index contributed by atoms with van der Waals surface area (Å²) < 4.78 is 0. The van der Waals surface area contributed by atoms with Crippen LogP contribution in [0.5, 0.6) is 0 Å². The van der Waals surface area contributed by atoms with Gasteiger partial charge in [-0.3, -0.25) is 0 Å². The number of aromatic amines is 1. The quantitative estimate of drug-likeness (QED) is 0.672. The Kier molecular flexibility index (Phi) is 3.35. The van der Waals surface area contributed by atoms with Crippen molar-refractivity contribution in [1.82, 2.24) is 9.97 Å². The molecule has 0 radical (unpaired) electrons. The lowest BCUT2D eigenvalue weighted by atomic mass is 10.1. The Bertz CT molecular complexity index is 697. The maximum Gasteiger partial charge on any atom is 0.148 e. The molecule has 2 heterocycles. The third-order valence-electron chi connectivity index (χ3n) is 2.84. The van der Waals surface area contributed by atoms with Gasteiger partial charge in [-0.1, -0.05) is 35.3 Å². The highest BCUT2D eigenvalue weighted by Crippen LogP contribution is 2.36. The average Bonchev–Trinajstić information content (AvgIpc) is 2.99. The van der Waals surface area contributed by atoms with Crippen molar-refractivity contribution in [3.05, 3.63) is 51.5 Å². The lowest BCUT2D eigenvalue weighted by Gasteiger charge is -2.04. The van der Waals surface area contributed by atoms with Crippen molar-refractivity contribution in [3.8, 4) is 22.0 Å². The minimum Gasteiger partial charge on any atom is -0.341 e. The first-order valence-electron chi connectivity index (χ1n) is 5.71. The molecule has 5 heteroatoms. The molecule has 2 nitrogen and oxygen atoms in total. The summed E-state index contributed by atoms with van der Waals surface area (Å²) in [5, 5.41) is 3.25. The van der Waals surface area contributed by atoms with Gasteiger partial charge in [0.25, 0.3) is 0 Å². The predicted molar refractivity (Wildman–Crippen MR) is 82.1 cm³/mol. The lowest BCUT2D eigenvalue weighted by molar-refractivity contribution is 1.26. The summed E-state index contributed by atoms with van der Waals surface area (Å²) in [7, 11) is 0. The van der Waals surface area contributed by atoms with Crippen molar-refractivity contribution >= 4 is 34.5 Å². The van der Waals surface area contributed by atoms with E-state index >= 15 is 0 Å². The third-order valence-corrected chi connectivity index (χ3v) is 4.35. The van der Waals surface area contributed by atoms with Crippen molar-refractivity contribution in [3.63, 3.8) is 0 Å². The van der Waals surface area contributed by atoms with E-state index in [1.807, 2.05) is 42.6 Å². The number of benzene rings is 1. The molecule has 0 saturated carbocycles. The molecule has 0 atom stereocenters. The molecule has 0 aliphatic heterocycles. The Balaban J connectivity index is 2.17. The summed E-state index contributed by atoms with van der Waals surface area (Å²) in [6, 6.07) is 9.50. The first-order chi connectivity index (χ1) is 9.16. The minimum atomic E-state index is 0.611. The molecular weight excluding hydrogens is 299 g/mol. The third kappa shape index (κ3) is 2.29. The number of hydrogen-bond donors (Lipinski definition) is 1. The fourth-order valence-corrected chi connectivity index (χ4v) is 3.20. The van der Waals surface area contributed by atoms with Crippen LogP contribution in [0, 0.1) is 6.92 Å². The fourth-order valence-electron chi connectivity index (χ4n) is 1.96. The fraction of sp³-hybridized carbons (Fsp3) is 0.0714. The van der Waals surface area contributed by atoms with Crippen LogP contribution in [-0.4, -0.2) is 9.97 Å². The van der Waals surface area contributed by atoms with Crippen LogP contribution >= 0.6 is 34.5 Å². The second-order valence-corrected chi connectivity index (χ2v) is 5.90. The standard InChI is InChI=1S/C14H10Cl2N2S/c1-8-13(12-9(15)4-2-5-10(12)16)18-14(17-8)11-6-3-7-19-11/h2-7H,1H3,(H,17,18). The molecule has 19 heavy (non-hydrogen) atoms. The van der Waals surface area contributed by atoms with Crippen LogP contribution in [0.2, 0.25) is 10.0 Å². The van der Waals surface area contributed by atoms with Crippen LogP contribution in [0.1, 0.15) is 5.69 Å². The molecule has 0 aliphatic carbocycles. The summed E-state index contributed by atoms with van der Waals surface area (Å²) in [6.45, 7) is 1.97. The zero-order valence-corrected chi connectivity index (χ0v) is 12.4. The second kappa shape index (κ2) is 5.00. The highest BCUT2D eigenvalue weighted by molar-refractivity contribution is 7.13. The lowest BCUT2D eigenvalue weighted by Crippen LogP contribution is -1.84.